The van der Waals surface area contributed by atoms with Crippen molar-refractivity contribution in [2.45, 2.75) is 37.8 Å². The molecule has 3 atom stereocenters. The van der Waals surface area contributed by atoms with Crippen molar-refractivity contribution in [1.82, 2.24) is 10.2 Å². The maximum absolute atomic E-state index is 13.8. The first kappa shape index (κ1) is 23.7. The molecule has 5 nitrogen and oxygen atoms in total. The van der Waals surface area contributed by atoms with Crippen molar-refractivity contribution in [1.29, 1.82) is 0 Å². The minimum absolute atomic E-state index is 0.0510. The smallest absolute Gasteiger partial charge is 0.309 e. The largest absolute Gasteiger partial charge is 0.481 e. The van der Waals surface area contributed by atoms with Crippen LogP contribution in [0.4, 0.5) is 0 Å². The number of carboxylic acids is 1. The molecule has 0 saturated carbocycles. The number of benzene rings is 3. The number of hydrogen-bond acceptors (Lipinski definition) is 3. The maximum atomic E-state index is 13.8. The van der Waals surface area contributed by atoms with Crippen LogP contribution in [-0.2, 0) is 16.0 Å². The van der Waals surface area contributed by atoms with E-state index >= 15 is 0 Å². The van der Waals surface area contributed by atoms with E-state index in [0.717, 1.165) is 24.0 Å². The number of nitrogens with one attached hydrogen (secondary N) is 1. The first-order valence-corrected chi connectivity index (χ1v) is 11.9. The van der Waals surface area contributed by atoms with Crippen LogP contribution in [0.5, 0.6) is 0 Å². The van der Waals surface area contributed by atoms with E-state index in [0.29, 0.717) is 6.54 Å². The van der Waals surface area contributed by atoms with Gasteiger partial charge >= 0.3 is 5.97 Å². The Bertz CT molecular complexity index is 1030. The van der Waals surface area contributed by atoms with E-state index < -0.39 is 17.8 Å². The molecule has 3 aromatic rings. The van der Waals surface area contributed by atoms with Crippen LogP contribution in [0.2, 0.25) is 0 Å². The second-order valence-electron chi connectivity index (χ2n) is 9.14. The summed E-state index contributed by atoms with van der Waals surface area (Å²) in [5, 5.41) is 13.4. The molecule has 1 aliphatic rings. The Morgan fingerprint density at radius 3 is 1.94 bits per heavy atom. The minimum atomic E-state index is -0.862. The summed E-state index contributed by atoms with van der Waals surface area (Å²) in [6.07, 6.45) is 1.82. The molecule has 5 heteroatoms. The molecule has 34 heavy (non-hydrogen) atoms. The van der Waals surface area contributed by atoms with Crippen LogP contribution < -0.4 is 5.32 Å². The van der Waals surface area contributed by atoms with E-state index in [1.54, 1.807) is 4.90 Å². The molecule has 1 saturated heterocycles. The van der Waals surface area contributed by atoms with E-state index in [1.807, 2.05) is 78.9 Å². The summed E-state index contributed by atoms with van der Waals surface area (Å²) in [7, 11) is 0. The lowest BCUT2D eigenvalue weighted by Gasteiger charge is -2.25. The third kappa shape index (κ3) is 5.72. The fraction of sp³-hybridized carbons (Fsp3) is 0.310. The molecular formula is C29H32N2O3. The van der Waals surface area contributed by atoms with Gasteiger partial charge in [0.15, 0.2) is 0 Å². The van der Waals surface area contributed by atoms with Gasteiger partial charge in [-0.2, -0.15) is 0 Å². The molecule has 0 radical (unpaired) electrons. The average Bonchev–Trinajstić information content (AvgIpc) is 3.29. The molecule has 176 valence electrons. The highest BCUT2D eigenvalue weighted by molar-refractivity contribution is 5.88. The predicted octanol–water partition coefficient (Wildman–Crippen LogP) is 4.34. The molecule has 1 amide bonds. The number of carboxylic acid groups (broad SMARTS) is 1. The number of likely N-dealkylation sites (tertiary alicyclic amines) is 1. The summed E-state index contributed by atoms with van der Waals surface area (Å²) >= 11 is 0. The standard InChI is InChI=1S/C29H32N2O3/c1-21(17-18-22-11-5-2-6-12-22)30-26-20-31(19-25(26)29(33)34)28(32)27(23-13-7-3-8-14-23)24-15-9-4-10-16-24/h2-16,21,25-27,30H,17-20H2,1H3,(H,33,34)/t21?,25-,26-/m0/s1. The van der Waals surface area contributed by atoms with Gasteiger partial charge in [0, 0.05) is 25.2 Å². The second-order valence-corrected chi connectivity index (χ2v) is 9.14. The molecule has 0 spiro atoms. The molecule has 1 aliphatic heterocycles. The van der Waals surface area contributed by atoms with Crippen molar-refractivity contribution >= 4 is 11.9 Å². The van der Waals surface area contributed by atoms with Crippen molar-refractivity contribution in [3.05, 3.63) is 108 Å². The van der Waals surface area contributed by atoms with Crippen LogP contribution in [0.15, 0.2) is 91.0 Å². The first-order chi connectivity index (χ1) is 16.5. The lowest BCUT2D eigenvalue weighted by molar-refractivity contribution is -0.142. The van der Waals surface area contributed by atoms with Crippen LogP contribution in [0, 0.1) is 5.92 Å². The van der Waals surface area contributed by atoms with Gasteiger partial charge in [-0.1, -0.05) is 91.0 Å². The molecule has 1 unspecified atom stereocenters. The molecule has 0 aliphatic carbocycles. The summed E-state index contributed by atoms with van der Waals surface area (Å²) in [4.78, 5) is 27.6. The Labute approximate surface area is 201 Å². The number of carbonyl (C=O) groups is 2. The average molecular weight is 457 g/mol. The van der Waals surface area contributed by atoms with Gasteiger partial charge in [-0.15, -0.1) is 0 Å². The number of aliphatic carboxylic acids is 1. The number of amides is 1. The molecular weight excluding hydrogens is 424 g/mol. The molecule has 1 heterocycles. The van der Waals surface area contributed by atoms with Gasteiger partial charge < -0.3 is 15.3 Å². The molecule has 0 aromatic heterocycles. The van der Waals surface area contributed by atoms with Crippen molar-refractivity contribution in [3.8, 4) is 0 Å². The van der Waals surface area contributed by atoms with E-state index in [-0.39, 0.29) is 24.5 Å². The molecule has 4 rings (SSSR count). The first-order valence-electron chi connectivity index (χ1n) is 11.9. The third-order valence-corrected chi connectivity index (χ3v) is 6.67. The second kappa shape index (κ2) is 11.1. The van der Waals surface area contributed by atoms with Crippen molar-refractivity contribution in [2.24, 2.45) is 5.92 Å². The van der Waals surface area contributed by atoms with E-state index in [4.69, 9.17) is 0 Å². The van der Waals surface area contributed by atoms with Crippen molar-refractivity contribution in [3.63, 3.8) is 0 Å². The highest BCUT2D eigenvalue weighted by Crippen LogP contribution is 2.30. The van der Waals surface area contributed by atoms with E-state index in [2.05, 4.69) is 24.4 Å². The Kier molecular flexibility index (Phi) is 7.76. The Morgan fingerprint density at radius 1 is 0.882 bits per heavy atom. The maximum Gasteiger partial charge on any atom is 0.309 e. The van der Waals surface area contributed by atoms with Gasteiger partial charge in [-0.3, -0.25) is 9.59 Å². The number of nitrogens with zero attached hydrogens (tertiary/aromatic N) is 1. The normalized spacial score (nSPS) is 18.7. The summed E-state index contributed by atoms with van der Waals surface area (Å²) in [6.45, 7) is 2.69. The predicted molar refractivity (Wildman–Crippen MR) is 134 cm³/mol. The van der Waals surface area contributed by atoms with Gasteiger partial charge in [0.1, 0.15) is 0 Å². The van der Waals surface area contributed by atoms with Crippen molar-refractivity contribution in [2.75, 3.05) is 13.1 Å². The summed E-state index contributed by atoms with van der Waals surface area (Å²) in [5.41, 5.74) is 3.10. The fourth-order valence-corrected chi connectivity index (χ4v) is 4.83. The van der Waals surface area contributed by atoms with Crippen LogP contribution in [-0.4, -0.2) is 47.1 Å². The topological polar surface area (TPSA) is 69.6 Å². The Balaban J connectivity index is 1.48. The van der Waals surface area contributed by atoms with Crippen LogP contribution in [0.25, 0.3) is 0 Å². The highest BCUT2D eigenvalue weighted by atomic mass is 16.4. The zero-order valence-electron chi connectivity index (χ0n) is 19.5. The Morgan fingerprint density at radius 2 is 1.41 bits per heavy atom. The van der Waals surface area contributed by atoms with Gasteiger partial charge in [-0.25, -0.2) is 0 Å². The quantitative estimate of drug-likeness (QED) is 0.503. The molecule has 2 N–H and O–H groups in total. The van der Waals surface area contributed by atoms with Gasteiger partial charge in [0.2, 0.25) is 5.91 Å². The molecule has 1 fully saturated rings. The zero-order valence-corrected chi connectivity index (χ0v) is 19.5. The monoisotopic (exact) mass is 456 g/mol. The van der Waals surface area contributed by atoms with E-state index in [9.17, 15) is 14.7 Å². The lowest BCUT2D eigenvalue weighted by Crippen LogP contribution is -2.44. The van der Waals surface area contributed by atoms with Gasteiger partial charge in [0.25, 0.3) is 0 Å². The summed E-state index contributed by atoms with van der Waals surface area (Å²) < 4.78 is 0. The number of aryl methyl sites for hydroxylation is 1. The van der Waals surface area contributed by atoms with Crippen LogP contribution >= 0.6 is 0 Å². The lowest BCUT2D eigenvalue weighted by atomic mass is 9.90. The third-order valence-electron chi connectivity index (χ3n) is 6.67. The van der Waals surface area contributed by atoms with Crippen LogP contribution in [0.1, 0.15) is 36.0 Å². The summed E-state index contributed by atoms with van der Waals surface area (Å²) in [6, 6.07) is 29.6. The van der Waals surface area contributed by atoms with Gasteiger partial charge in [0.05, 0.1) is 11.8 Å². The van der Waals surface area contributed by atoms with E-state index in [1.165, 1.54) is 5.56 Å². The number of carbonyl (C=O) groups excluding carboxylic acids is 1. The summed E-state index contributed by atoms with van der Waals surface area (Å²) in [5.74, 6) is -2.00. The SMILES string of the molecule is CC(CCc1ccccc1)N[C@H]1CN(C(=O)C(c2ccccc2)c2ccccc2)C[C@@H]1C(=O)O. The molecule has 0 bridgehead atoms. The van der Waals surface area contributed by atoms with Crippen molar-refractivity contribution < 1.29 is 14.7 Å². The highest BCUT2D eigenvalue weighted by Gasteiger charge is 2.42. The zero-order chi connectivity index (χ0) is 23.9. The fourth-order valence-electron chi connectivity index (χ4n) is 4.83. The van der Waals surface area contributed by atoms with Crippen LogP contribution in [0.3, 0.4) is 0 Å². The van der Waals surface area contributed by atoms with Gasteiger partial charge in [-0.05, 0) is 36.5 Å². The molecule has 3 aromatic carbocycles. The Hall–Kier alpha value is -3.44. The number of rotatable bonds is 9. The minimum Gasteiger partial charge on any atom is -0.481 e. The number of hydrogen-bond donors (Lipinski definition) is 2.